The standard InChI is InChI=1S/C11H16N2O3/c12-13-11(15)10(6-7-14)16-8-9-4-2-1-3-5-9/h1-5,10,14H,6-8,12H2,(H,13,15). The normalized spacial score (nSPS) is 12.1. The number of nitrogens with two attached hydrogens (primary N) is 1. The van der Waals surface area contributed by atoms with Crippen LogP contribution in [0.1, 0.15) is 12.0 Å². The van der Waals surface area contributed by atoms with Gasteiger partial charge in [0.15, 0.2) is 0 Å². The van der Waals surface area contributed by atoms with E-state index >= 15 is 0 Å². The number of nitrogens with one attached hydrogen (secondary N) is 1. The van der Waals surface area contributed by atoms with E-state index in [-0.39, 0.29) is 13.0 Å². The monoisotopic (exact) mass is 224 g/mol. The topological polar surface area (TPSA) is 84.6 Å². The molecule has 4 N–H and O–H groups in total. The number of hydrogen-bond donors (Lipinski definition) is 3. The van der Waals surface area contributed by atoms with Gasteiger partial charge in [-0.3, -0.25) is 10.2 Å². The quantitative estimate of drug-likeness (QED) is 0.359. The Morgan fingerprint density at radius 2 is 2.12 bits per heavy atom. The Bertz CT molecular complexity index is 316. The molecule has 0 aliphatic rings. The van der Waals surface area contributed by atoms with E-state index in [1.54, 1.807) is 0 Å². The molecule has 1 atom stereocenters. The molecule has 0 aliphatic carbocycles. The van der Waals surface area contributed by atoms with Gasteiger partial charge < -0.3 is 9.84 Å². The van der Waals surface area contributed by atoms with Crippen molar-refractivity contribution in [3.8, 4) is 0 Å². The van der Waals surface area contributed by atoms with Gasteiger partial charge in [0, 0.05) is 13.0 Å². The Balaban J connectivity index is 2.47. The second-order valence-electron chi connectivity index (χ2n) is 3.31. The number of rotatable bonds is 6. The minimum atomic E-state index is -0.713. The molecule has 0 saturated heterocycles. The number of benzene rings is 1. The van der Waals surface area contributed by atoms with E-state index in [2.05, 4.69) is 0 Å². The van der Waals surface area contributed by atoms with Gasteiger partial charge in [0.2, 0.25) is 0 Å². The zero-order chi connectivity index (χ0) is 11.8. The van der Waals surface area contributed by atoms with Crippen molar-refractivity contribution < 1.29 is 14.6 Å². The summed E-state index contributed by atoms with van der Waals surface area (Å²) in [5.74, 6) is 4.59. The summed E-state index contributed by atoms with van der Waals surface area (Å²) < 4.78 is 5.37. The summed E-state index contributed by atoms with van der Waals surface area (Å²) in [6, 6.07) is 9.49. The van der Waals surface area contributed by atoms with Crippen LogP contribution in [0.3, 0.4) is 0 Å². The van der Waals surface area contributed by atoms with Crippen molar-refractivity contribution in [2.45, 2.75) is 19.1 Å². The molecular weight excluding hydrogens is 208 g/mol. The maximum absolute atomic E-state index is 11.3. The Morgan fingerprint density at radius 3 is 2.69 bits per heavy atom. The molecule has 1 rings (SSSR count). The fraction of sp³-hybridized carbons (Fsp3) is 0.364. The van der Waals surface area contributed by atoms with E-state index < -0.39 is 12.0 Å². The van der Waals surface area contributed by atoms with Crippen molar-refractivity contribution >= 4 is 5.91 Å². The van der Waals surface area contributed by atoms with Crippen molar-refractivity contribution in [2.75, 3.05) is 6.61 Å². The first kappa shape index (κ1) is 12.6. The molecule has 0 spiro atoms. The summed E-state index contributed by atoms with van der Waals surface area (Å²) in [6.07, 6.45) is -0.481. The van der Waals surface area contributed by atoms with Gasteiger partial charge >= 0.3 is 0 Å². The van der Waals surface area contributed by atoms with Crippen LogP contribution in [0, 0.1) is 0 Å². The molecule has 1 aromatic rings. The van der Waals surface area contributed by atoms with Gasteiger partial charge in [0.1, 0.15) is 6.10 Å². The van der Waals surface area contributed by atoms with Crippen LogP contribution in [0.4, 0.5) is 0 Å². The highest BCUT2D eigenvalue weighted by Crippen LogP contribution is 2.05. The van der Waals surface area contributed by atoms with E-state index in [4.69, 9.17) is 15.7 Å². The van der Waals surface area contributed by atoms with Gasteiger partial charge in [0.05, 0.1) is 6.61 Å². The van der Waals surface area contributed by atoms with Crippen molar-refractivity contribution in [1.82, 2.24) is 5.43 Å². The number of carbonyl (C=O) groups excluding carboxylic acids is 1. The van der Waals surface area contributed by atoms with Crippen molar-refractivity contribution in [1.29, 1.82) is 0 Å². The third-order valence-electron chi connectivity index (χ3n) is 2.12. The zero-order valence-electron chi connectivity index (χ0n) is 8.93. The lowest BCUT2D eigenvalue weighted by Gasteiger charge is -2.14. The lowest BCUT2D eigenvalue weighted by Crippen LogP contribution is -2.40. The predicted molar refractivity (Wildman–Crippen MR) is 59.1 cm³/mol. The Hall–Kier alpha value is -1.43. The van der Waals surface area contributed by atoms with Gasteiger partial charge in [0.25, 0.3) is 5.91 Å². The maximum atomic E-state index is 11.3. The second-order valence-corrected chi connectivity index (χ2v) is 3.31. The van der Waals surface area contributed by atoms with E-state index in [1.807, 2.05) is 35.8 Å². The molecule has 1 aromatic carbocycles. The number of aliphatic hydroxyl groups excluding tert-OH is 1. The Labute approximate surface area is 94.2 Å². The highest BCUT2D eigenvalue weighted by atomic mass is 16.5. The summed E-state index contributed by atoms with van der Waals surface area (Å²) in [7, 11) is 0. The second kappa shape index (κ2) is 6.95. The summed E-state index contributed by atoms with van der Waals surface area (Å²) in [4.78, 5) is 11.3. The lowest BCUT2D eigenvalue weighted by atomic mass is 10.2. The Morgan fingerprint density at radius 1 is 1.44 bits per heavy atom. The van der Waals surface area contributed by atoms with Gasteiger partial charge in [-0.25, -0.2) is 5.84 Å². The van der Waals surface area contributed by atoms with Gasteiger partial charge in [-0.2, -0.15) is 0 Å². The third-order valence-corrected chi connectivity index (χ3v) is 2.12. The highest BCUT2D eigenvalue weighted by molar-refractivity contribution is 5.80. The minimum absolute atomic E-state index is 0.118. The zero-order valence-corrected chi connectivity index (χ0v) is 8.93. The number of aliphatic hydroxyl groups is 1. The fourth-order valence-electron chi connectivity index (χ4n) is 1.27. The van der Waals surface area contributed by atoms with E-state index in [0.29, 0.717) is 6.61 Å². The number of amides is 1. The number of hydrazine groups is 1. The summed E-state index contributed by atoms with van der Waals surface area (Å²) in [5.41, 5.74) is 2.98. The maximum Gasteiger partial charge on any atom is 0.263 e. The molecule has 16 heavy (non-hydrogen) atoms. The SMILES string of the molecule is NNC(=O)C(CCO)OCc1ccccc1. The van der Waals surface area contributed by atoms with Crippen molar-refractivity contribution in [3.63, 3.8) is 0 Å². The molecule has 0 bridgehead atoms. The molecule has 1 amide bonds. The molecule has 5 heteroatoms. The first-order valence-corrected chi connectivity index (χ1v) is 5.04. The fourth-order valence-corrected chi connectivity index (χ4v) is 1.27. The van der Waals surface area contributed by atoms with Gasteiger partial charge in [-0.15, -0.1) is 0 Å². The highest BCUT2D eigenvalue weighted by Gasteiger charge is 2.17. The van der Waals surface area contributed by atoms with E-state index in [0.717, 1.165) is 5.56 Å². The minimum Gasteiger partial charge on any atom is -0.396 e. The number of carbonyl (C=O) groups is 1. The van der Waals surface area contributed by atoms with Crippen LogP contribution in [0.5, 0.6) is 0 Å². The molecule has 0 aliphatic heterocycles. The van der Waals surface area contributed by atoms with Crippen LogP contribution in [0.2, 0.25) is 0 Å². The van der Waals surface area contributed by atoms with Crippen molar-refractivity contribution in [2.24, 2.45) is 5.84 Å². The molecule has 0 saturated carbocycles. The smallest absolute Gasteiger partial charge is 0.263 e. The van der Waals surface area contributed by atoms with E-state index in [9.17, 15) is 4.79 Å². The Kier molecular flexibility index (Phi) is 5.49. The molecule has 88 valence electrons. The molecular formula is C11H16N2O3. The third kappa shape index (κ3) is 3.98. The van der Waals surface area contributed by atoms with E-state index in [1.165, 1.54) is 0 Å². The van der Waals surface area contributed by atoms with Crippen molar-refractivity contribution in [3.05, 3.63) is 35.9 Å². The van der Waals surface area contributed by atoms with Crippen LogP contribution in [0.15, 0.2) is 30.3 Å². The predicted octanol–water partition coefficient (Wildman–Crippen LogP) is -0.0559. The summed E-state index contributed by atoms with van der Waals surface area (Å²) in [6.45, 7) is 0.200. The molecule has 5 nitrogen and oxygen atoms in total. The molecule has 0 aromatic heterocycles. The first-order valence-electron chi connectivity index (χ1n) is 5.04. The average Bonchev–Trinajstić information content (AvgIpc) is 2.34. The summed E-state index contributed by atoms with van der Waals surface area (Å²) in [5, 5.41) is 8.78. The van der Waals surface area contributed by atoms with Crippen LogP contribution < -0.4 is 11.3 Å². The van der Waals surface area contributed by atoms with Crippen LogP contribution >= 0.6 is 0 Å². The largest absolute Gasteiger partial charge is 0.396 e. The first-order chi connectivity index (χ1) is 7.77. The average molecular weight is 224 g/mol. The number of hydrogen-bond acceptors (Lipinski definition) is 4. The van der Waals surface area contributed by atoms with Crippen LogP contribution in [-0.4, -0.2) is 23.7 Å². The van der Waals surface area contributed by atoms with Gasteiger partial charge in [-0.1, -0.05) is 30.3 Å². The summed E-state index contributed by atoms with van der Waals surface area (Å²) >= 11 is 0. The lowest BCUT2D eigenvalue weighted by molar-refractivity contribution is -0.134. The molecule has 0 fully saturated rings. The number of ether oxygens (including phenoxy) is 1. The molecule has 0 heterocycles. The van der Waals surface area contributed by atoms with Crippen LogP contribution in [0.25, 0.3) is 0 Å². The molecule has 0 radical (unpaired) electrons. The van der Waals surface area contributed by atoms with Gasteiger partial charge in [-0.05, 0) is 5.56 Å². The van der Waals surface area contributed by atoms with Crippen LogP contribution in [-0.2, 0) is 16.1 Å². The molecule has 1 unspecified atom stereocenters.